The molecule has 1 N–H and O–H groups in total. The van der Waals surface area contributed by atoms with Crippen LogP contribution in [0, 0.1) is 0 Å². The molecule has 168 valence electrons. The maximum absolute atomic E-state index is 13.2. The first-order valence-electron chi connectivity index (χ1n) is 10.5. The fraction of sp³-hybridized carbons (Fsp3) is 0.417. The van der Waals surface area contributed by atoms with Crippen molar-refractivity contribution in [2.75, 3.05) is 13.2 Å². The molecule has 0 aliphatic heterocycles. The van der Waals surface area contributed by atoms with Crippen molar-refractivity contribution in [3.8, 4) is 5.75 Å². The molecule has 0 aromatic heterocycles. The first kappa shape index (κ1) is 25.0. The number of likely N-dealkylation sites (N-methyl/N-ethyl adjacent to an activating group) is 1. The SMILES string of the molecule is CCNC(=O)[C@@H](CC)N(Cc1ccc(Cl)c(Cl)c1)C(=O)COc1ccccc1C(C)C. The van der Waals surface area contributed by atoms with E-state index in [1.54, 1.807) is 23.1 Å². The summed E-state index contributed by atoms with van der Waals surface area (Å²) in [5, 5.41) is 3.66. The molecule has 7 heteroatoms. The van der Waals surface area contributed by atoms with Crippen LogP contribution in [0.4, 0.5) is 0 Å². The van der Waals surface area contributed by atoms with Crippen molar-refractivity contribution in [3.05, 3.63) is 63.6 Å². The number of nitrogens with one attached hydrogen (secondary N) is 1. The molecule has 0 unspecified atom stereocenters. The van der Waals surface area contributed by atoms with E-state index in [1.807, 2.05) is 38.1 Å². The second-order valence-electron chi connectivity index (χ2n) is 7.57. The maximum Gasteiger partial charge on any atom is 0.261 e. The lowest BCUT2D eigenvalue weighted by atomic mass is 10.0. The van der Waals surface area contributed by atoms with Crippen LogP contribution in [0.1, 0.15) is 51.2 Å². The molecule has 0 fully saturated rings. The highest BCUT2D eigenvalue weighted by molar-refractivity contribution is 6.42. The summed E-state index contributed by atoms with van der Waals surface area (Å²) in [4.78, 5) is 27.4. The Labute approximate surface area is 194 Å². The van der Waals surface area contributed by atoms with Gasteiger partial charge in [-0.05, 0) is 48.6 Å². The van der Waals surface area contributed by atoms with Crippen molar-refractivity contribution in [1.82, 2.24) is 10.2 Å². The van der Waals surface area contributed by atoms with Crippen LogP contribution in [0.3, 0.4) is 0 Å². The average Bonchev–Trinajstić information content (AvgIpc) is 2.74. The van der Waals surface area contributed by atoms with Gasteiger partial charge in [-0.3, -0.25) is 9.59 Å². The molecule has 0 radical (unpaired) electrons. The van der Waals surface area contributed by atoms with E-state index in [0.29, 0.717) is 28.8 Å². The Balaban J connectivity index is 2.26. The van der Waals surface area contributed by atoms with E-state index in [2.05, 4.69) is 19.2 Å². The Kier molecular flexibility index (Phi) is 9.66. The van der Waals surface area contributed by atoms with Gasteiger partial charge < -0.3 is 15.0 Å². The van der Waals surface area contributed by atoms with E-state index in [0.717, 1.165) is 11.1 Å². The van der Waals surface area contributed by atoms with Crippen LogP contribution < -0.4 is 10.1 Å². The molecule has 0 saturated heterocycles. The molecule has 2 aromatic rings. The van der Waals surface area contributed by atoms with E-state index in [9.17, 15) is 9.59 Å². The molecule has 0 aliphatic rings. The number of benzene rings is 2. The van der Waals surface area contributed by atoms with Crippen LogP contribution in [0.25, 0.3) is 0 Å². The number of rotatable bonds is 10. The topological polar surface area (TPSA) is 58.6 Å². The van der Waals surface area contributed by atoms with Gasteiger partial charge in [-0.1, -0.05) is 68.2 Å². The van der Waals surface area contributed by atoms with Crippen LogP contribution in [-0.2, 0) is 16.1 Å². The Morgan fingerprint density at radius 3 is 2.39 bits per heavy atom. The average molecular weight is 465 g/mol. The lowest BCUT2D eigenvalue weighted by Gasteiger charge is -2.30. The number of nitrogens with zero attached hydrogens (tertiary/aromatic N) is 1. The Morgan fingerprint density at radius 1 is 1.06 bits per heavy atom. The zero-order chi connectivity index (χ0) is 23.0. The summed E-state index contributed by atoms with van der Waals surface area (Å²) in [6.07, 6.45) is 0.474. The summed E-state index contributed by atoms with van der Waals surface area (Å²) < 4.78 is 5.89. The monoisotopic (exact) mass is 464 g/mol. The second kappa shape index (κ2) is 12.0. The first-order chi connectivity index (χ1) is 14.8. The number of carbonyl (C=O) groups is 2. The maximum atomic E-state index is 13.2. The molecular weight excluding hydrogens is 435 g/mol. The highest BCUT2D eigenvalue weighted by Gasteiger charge is 2.29. The lowest BCUT2D eigenvalue weighted by Crippen LogP contribution is -2.50. The summed E-state index contributed by atoms with van der Waals surface area (Å²) in [5.41, 5.74) is 1.81. The van der Waals surface area contributed by atoms with Crippen molar-refractivity contribution in [2.24, 2.45) is 0 Å². The van der Waals surface area contributed by atoms with Gasteiger partial charge in [-0.2, -0.15) is 0 Å². The zero-order valence-corrected chi connectivity index (χ0v) is 20.0. The summed E-state index contributed by atoms with van der Waals surface area (Å²) in [6, 6.07) is 12.2. The van der Waals surface area contributed by atoms with Crippen molar-refractivity contribution >= 4 is 35.0 Å². The minimum Gasteiger partial charge on any atom is -0.483 e. The fourth-order valence-electron chi connectivity index (χ4n) is 3.36. The summed E-state index contributed by atoms with van der Waals surface area (Å²) in [7, 11) is 0. The number of hydrogen-bond acceptors (Lipinski definition) is 3. The van der Waals surface area contributed by atoms with Crippen molar-refractivity contribution in [1.29, 1.82) is 0 Å². The van der Waals surface area contributed by atoms with E-state index in [-0.39, 0.29) is 30.9 Å². The molecule has 0 aliphatic carbocycles. The predicted molar refractivity (Wildman–Crippen MR) is 126 cm³/mol. The number of halogens is 2. The van der Waals surface area contributed by atoms with Gasteiger partial charge in [0.05, 0.1) is 10.0 Å². The van der Waals surface area contributed by atoms with Crippen LogP contribution in [-0.4, -0.2) is 35.9 Å². The third-order valence-corrected chi connectivity index (χ3v) is 5.71. The van der Waals surface area contributed by atoms with Crippen molar-refractivity contribution < 1.29 is 14.3 Å². The largest absolute Gasteiger partial charge is 0.483 e. The van der Waals surface area contributed by atoms with Gasteiger partial charge in [-0.15, -0.1) is 0 Å². The molecule has 2 rings (SSSR count). The van der Waals surface area contributed by atoms with E-state index < -0.39 is 6.04 Å². The third-order valence-electron chi connectivity index (χ3n) is 4.97. The van der Waals surface area contributed by atoms with Crippen LogP contribution in [0.2, 0.25) is 10.0 Å². The van der Waals surface area contributed by atoms with E-state index >= 15 is 0 Å². The quantitative estimate of drug-likeness (QED) is 0.509. The molecule has 0 saturated carbocycles. The zero-order valence-electron chi connectivity index (χ0n) is 18.5. The normalized spacial score (nSPS) is 11.8. The highest BCUT2D eigenvalue weighted by Crippen LogP contribution is 2.27. The Bertz CT molecular complexity index is 902. The van der Waals surface area contributed by atoms with Gasteiger partial charge in [0.1, 0.15) is 11.8 Å². The smallest absolute Gasteiger partial charge is 0.261 e. The third kappa shape index (κ3) is 6.88. The molecule has 5 nitrogen and oxygen atoms in total. The minimum absolute atomic E-state index is 0.166. The lowest BCUT2D eigenvalue weighted by molar-refractivity contribution is -0.142. The summed E-state index contributed by atoms with van der Waals surface area (Å²) >= 11 is 12.2. The standard InChI is InChI=1S/C24H30Cl2N2O3/c1-5-21(24(30)27-6-2)28(14-17-11-12-19(25)20(26)13-17)23(29)15-31-22-10-8-7-9-18(22)16(3)4/h7-13,16,21H,5-6,14-15H2,1-4H3,(H,27,30)/t21-/m1/s1. The molecule has 2 amide bonds. The highest BCUT2D eigenvalue weighted by atomic mass is 35.5. The molecule has 31 heavy (non-hydrogen) atoms. The molecule has 0 heterocycles. The van der Waals surface area contributed by atoms with Gasteiger partial charge >= 0.3 is 0 Å². The fourth-order valence-corrected chi connectivity index (χ4v) is 3.68. The van der Waals surface area contributed by atoms with Crippen LogP contribution in [0.15, 0.2) is 42.5 Å². The molecule has 0 spiro atoms. The van der Waals surface area contributed by atoms with Gasteiger partial charge in [0.25, 0.3) is 5.91 Å². The van der Waals surface area contributed by atoms with E-state index in [1.165, 1.54) is 0 Å². The number of hydrogen-bond donors (Lipinski definition) is 1. The second-order valence-corrected chi connectivity index (χ2v) is 8.38. The number of amides is 2. The summed E-state index contributed by atoms with van der Waals surface area (Å²) in [5.74, 6) is 0.465. The predicted octanol–water partition coefficient (Wildman–Crippen LogP) is 5.44. The first-order valence-corrected chi connectivity index (χ1v) is 11.3. The van der Waals surface area contributed by atoms with E-state index in [4.69, 9.17) is 27.9 Å². The number of carbonyl (C=O) groups excluding carboxylic acids is 2. The van der Waals surface area contributed by atoms with Gasteiger partial charge in [-0.25, -0.2) is 0 Å². The van der Waals surface area contributed by atoms with Crippen LogP contribution in [0.5, 0.6) is 5.75 Å². The number of para-hydroxylation sites is 1. The van der Waals surface area contributed by atoms with Crippen molar-refractivity contribution in [2.45, 2.75) is 52.6 Å². The molecular formula is C24H30Cl2N2O3. The van der Waals surface area contributed by atoms with Crippen LogP contribution >= 0.6 is 23.2 Å². The molecule has 0 bridgehead atoms. The minimum atomic E-state index is -0.620. The molecule has 1 atom stereocenters. The van der Waals surface area contributed by atoms with Gasteiger partial charge in [0.15, 0.2) is 6.61 Å². The van der Waals surface area contributed by atoms with Gasteiger partial charge in [0.2, 0.25) is 5.91 Å². The van der Waals surface area contributed by atoms with Crippen molar-refractivity contribution in [3.63, 3.8) is 0 Å². The Morgan fingerprint density at radius 2 is 1.77 bits per heavy atom. The Hall–Kier alpha value is -2.24. The summed E-state index contributed by atoms with van der Waals surface area (Å²) in [6.45, 7) is 8.42. The molecule has 2 aromatic carbocycles. The number of ether oxygens (including phenoxy) is 1. The van der Waals surface area contributed by atoms with Gasteiger partial charge in [0, 0.05) is 13.1 Å².